The summed E-state index contributed by atoms with van der Waals surface area (Å²) in [5, 5.41) is 2.75. The lowest BCUT2D eigenvalue weighted by atomic mass is 9.99. The van der Waals surface area contributed by atoms with E-state index in [0.717, 1.165) is 25.7 Å². The van der Waals surface area contributed by atoms with Crippen molar-refractivity contribution in [2.45, 2.75) is 58.4 Å². The van der Waals surface area contributed by atoms with Crippen molar-refractivity contribution >= 4 is 11.9 Å². The fourth-order valence-electron chi connectivity index (χ4n) is 2.20. The number of nitrogens with one attached hydrogen (secondary N) is 1. The Bertz CT molecular complexity index is 257. The molecule has 1 unspecified atom stereocenters. The SMILES string of the molecule is CCOC(=O)C(C)NC(=O)C1CCCCCC1. The predicted molar refractivity (Wildman–Crippen MR) is 65.4 cm³/mol. The fraction of sp³-hybridized carbons (Fsp3) is 0.846. The molecule has 1 aliphatic carbocycles. The highest BCUT2D eigenvalue weighted by Gasteiger charge is 2.23. The highest BCUT2D eigenvalue weighted by atomic mass is 16.5. The smallest absolute Gasteiger partial charge is 0.328 e. The molecule has 1 N–H and O–H groups in total. The van der Waals surface area contributed by atoms with Crippen LogP contribution in [0, 0.1) is 5.92 Å². The number of carbonyl (C=O) groups is 2. The Hall–Kier alpha value is -1.06. The first-order valence-corrected chi connectivity index (χ1v) is 6.62. The van der Waals surface area contributed by atoms with Crippen molar-refractivity contribution < 1.29 is 14.3 Å². The van der Waals surface area contributed by atoms with E-state index in [1.165, 1.54) is 12.8 Å². The molecule has 0 aliphatic heterocycles. The summed E-state index contributed by atoms with van der Waals surface area (Å²) in [5.41, 5.74) is 0. The number of carbonyl (C=O) groups excluding carboxylic acids is 2. The maximum absolute atomic E-state index is 12.0. The van der Waals surface area contributed by atoms with Crippen molar-refractivity contribution in [3.05, 3.63) is 0 Å². The van der Waals surface area contributed by atoms with Gasteiger partial charge in [0.15, 0.2) is 0 Å². The second kappa shape index (κ2) is 7.30. The van der Waals surface area contributed by atoms with Gasteiger partial charge in [-0.2, -0.15) is 0 Å². The van der Waals surface area contributed by atoms with Crippen LogP contribution in [0.4, 0.5) is 0 Å². The molecule has 0 aromatic rings. The van der Waals surface area contributed by atoms with Crippen LogP contribution in [-0.2, 0) is 14.3 Å². The normalized spacial score (nSPS) is 19.2. The van der Waals surface area contributed by atoms with Gasteiger partial charge in [0, 0.05) is 5.92 Å². The van der Waals surface area contributed by atoms with Gasteiger partial charge in [-0.1, -0.05) is 25.7 Å². The van der Waals surface area contributed by atoms with Crippen molar-refractivity contribution in [3.63, 3.8) is 0 Å². The van der Waals surface area contributed by atoms with E-state index in [4.69, 9.17) is 4.74 Å². The van der Waals surface area contributed by atoms with E-state index in [2.05, 4.69) is 5.32 Å². The zero-order chi connectivity index (χ0) is 12.7. The van der Waals surface area contributed by atoms with Crippen LogP contribution in [0.1, 0.15) is 52.4 Å². The van der Waals surface area contributed by atoms with Gasteiger partial charge in [0.05, 0.1) is 6.61 Å². The summed E-state index contributed by atoms with van der Waals surface area (Å²) in [6.45, 7) is 3.78. The lowest BCUT2D eigenvalue weighted by Gasteiger charge is -2.17. The molecule has 4 heteroatoms. The maximum atomic E-state index is 12.0. The second-order valence-corrected chi connectivity index (χ2v) is 4.67. The van der Waals surface area contributed by atoms with Crippen LogP contribution in [0.2, 0.25) is 0 Å². The van der Waals surface area contributed by atoms with Crippen molar-refractivity contribution in [2.24, 2.45) is 5.92 Å². The van der Waals surface area contributed by atoms with Crippen LogP contribution in [-0.4, -0.2) is 24.5 Å². The molecule has 4 nitrogen and oxygen atoms in total. The quantitative estimate of drug-likeness (QED) is 0.605. The van der Waals surface area contributed by atoms with Gasteiger partial charge in [0.2, 0.25) is 5.91 Å². The van der Waals surface area contributed by atoms with Gasteiger partial charge in [-0.25, -0.2) is 4.79 Å². The number of hydrogen-bond acceptors (Lipinski definition) is 3. The molecule has 1 amide bonds. The van der Waals surface area contributed by atoms with Crippen LogP contribution < -0.4 is 5.32 Å². The minimum Gasteiger partial charge on any atom is -0.464 e. The Morgan fingerprint density at radius 2 is 1.82 bits per heavy atom. The lowest BCUT2D eigenvalue weighted by Crippen LogP contribution is -2.42. The molecule has 17 heavy (non-hydrogen) atoms. The van der Waals surface area contributed by atoms with E-state index >= 15 is 0 Å². The topological polar surface area (TPSA) is 55.4 Å². The molecule has 1 saturated carbocycles. The minimum atomic E-state index is -0.536. The van der Waals surface area contributed by atoms with Gasteiger partial charge in [-0.05, 0) is 26.7 Å². The highest BCUT2D eigenvalue weighted by molar-refractivity contribution is 5.85. The number of ether oxygens (including phenoxy) is 1. The first-order chi connectivity index (χ1) is 8.15. The molecular formula is C13H23NO3. The molecular weight excluding hydrogens is 218 g/mol. The van der Waals surface area contributed by atoms with Crippen molar-refractivity contribution in [1.82, 2.24) is 5.32 Å². The van der Waals surface area contributed by atoms with Crippen LogP contribution in [0.15, 0.2) is 0 Å². The summed E-state index contributed by atoms with van der Waals surface area (Å²) >= 11 is 0. The third-order valence-electron chi connectivity index (χ3n) is 3.22. The number of amides is 1. The van der Waals surface area contributed by atoms with Crippen LogP contribution in [0.3, 0.4) is 0 Å². The molecule has 0 saturated heterocycles. The van der Waals surface area contributed by atoms with E-state index in [1.54, 1.807) is 13.8 Å². The Balaban J connectivity index is 2.38. The van der Waals surface area contributed by atoms with E-state index in [9.17, 15) is 9.59 Å². The standard InChI is InChI=1S/C13H23NO3/c1-3-17-13(16)10(2)14-12(15)11-8-6-4-5-7-9-11/h10-11H,3-9H2,1-2H3,(H,14,15). The lowest BCUT2D eigenvalue weighted by molar-refractivity contribution is -0.147. The van der Waals surface area contributed by atoms with E-state index < -0.39 is 6.04 Å². The summed E-state index contributed by atoms with van der Waals surface area (Å²) in [5.74, 6) is -0.267. The third-order valence-corrected chi connectivity index (χ3v) is 3.22. The first-order valence-electron chi connectivity index (χ1n) is 6.62. The Labute approximate surface area is 103 Å². The van der Waals surface area contributed by atoms with Crippen molar-refractivity contribution in [1.29, 1.82) is 0 Å². The van der Waals surface area contributed by atoms with Gasteiger partial charge in [-0.3, -0.25) is 4.79 Å². The second-order valence-electron chi connectivity index (χ2n) is 4.67. The number of rotatable bonds is 4. The van der Waals surface area contributed by atoms with Gasteiger partial charge < -0.3 is 10.1 Å². The summed E-state index contributed by atoms with van der Waals surface area (Å²) < 4.78 is 4.86. The zero-order valence-corrected chi connectivity index (χ0v) is 10.8. The number of hydrogen-bond donors (Lipinski definition) is 1. The summed E-state index contributed by atoms with van der Waals surface area (Å²) in [6.07, 6.45) is 6.56. The molecule has 0 radical (unpaired) electrons. The van der Waals surface area contributed by atoms with E-state index in [1.807, 2.05) is 0 Å². The van der Waals surface area contributed by atoms with Crippen LogP contribution >= 0.6 is 0 Å². The van der Waals surface area contributed by atoms with E-state index in [-0.39, 0.29) is 17.8 Å². The molecule has 0 aromatic carbocycles. The third kappa shape index (κ3) is 4.75. The largest absolute Gasteiger partial charge is 0.464 e. The molecule has 1 aliphatic rings. The Morgan fingerprint density at radius 1 is 1.24 bits per heavy atom. The minimum absolute atomic E-state index is 0.00690. The molecule has 0 spiro atoms. The molecule has 0 bridgehead atoms. The monoisotopic (exact) mass is 241 g/mol. The predicted octanol–water partition coefficient (Wildman–Crippen LogP) is 2.02. The van der Waals surface area contributed by atoms with Crippen LogP contribution in [0.25, 0.3) is 0 Å². The molecule has 98 valence electrons. The highest BCUT2D eigenvalue weighted by Crippen LogP contribution is 2.22. The molecule has 0 heterocycles. The molecule has 1 atom stereocenters. The van der Waals surface area contributed by atoms with Crippen molar-refractivity contribution in [3.8, 4) is 0 Å². The summed E-state index contributed by atoms with van der Waals surface area (Å²) in [6, 6.07) is -0.536. The van der Waals surface area contributed by atoms with Gasteiger partial charge >= 0.3 is 5.97 Å². The van der Waals surface area contributed by atoms with Gasteiger partial charge in [0.1, 0.15) is 6.04 Å². The Morgan fingerprint density at radius 3 is 2.35 bits per heavy atom. The number of esters is 1. The van der Waals surface area contributed by atoms with Crippen LogP contribution in [0.5, 0.6) is 0 Å². The maximum Gasteiger partial charge on any atom is 0.328 e. The van der Waals surface area contributed by atoms with Gasteiger partial charge in [-0.15, -0.1) is 0 Å². The summed E-state index contributed by atoms with van der Waals surface area (Å²) in [4.78, 5) is 23.3. The van der Waals surface area contributed by atoms with Gasteiger partial charge in [0.25, 0.3) is 0 Å². The molecule has 0 aromatic heterocycles. The Kier molecular flexibility index (Phi) is 6.01. The first kappa shape index (κ1) is 14.0. The average molecular weight is 241 g/mol. The molecule has 1 fully saturated rings. The average Bonchev–Trinajstić information content (AvgIpc) is 2.57. The fourth-order valence-corrected chi connectivity index (χ4v) is 2.20. The summed E-state index contributed by atoms with van der Waals surface area (Å²) in [7, 11) is 0. The van der Waals surface area contributed by atoms with E-state index in [0.29, 0.717) is 6.61 Å². The molecule has 1 rings (SSSR count). The van der Waals surface area contributed by atoms with Crippen molar-refractivity contribution in [2.75, 3.05) is 6.61 Å². The zero-order valence-electron chi connectivity index (χ0n) is 10.8.